The van der Waals surface area contributed by atoms with Crippen LogP contribution in [0.15, 0.2) is 0 Å². The van der Waals surface area contributed by atoms with E-state index in [1.54, 1.807) is 4.90 Å². The molecule has 0 aromatic carbocycles. The van der Waals surface area contributed by atoms with Crippen LogP contribution in [0.1, 0.15) is 20.8 Å². The van der Waals surface area contributed by atoms with Crippen molar-refractivity contribution in [3.05, 3.63) is 0 Å². The van der Waals surface area contributed by atoms with E-state index in [0.717, 1.165) is 0 Å². The molecule has 0 aromatic rings. The Morgan fingerprint density at radius 2 is 1.69 bits per heavy atom. The van der Waals surface area contributed by atoms with Gasteiger partial charge in [0.2, 0.25) is 0 Å². The molecular formula is C11H21NO4. The first-order valence-corrected chi connectivity index (χ1v) is 5.57. The summed E-state index contributed by atoms with van der Waals surface area (Å²) in [5.74, 6) is -0.0879. The molecule has 5 heteroatoms. The summed E-state index contributed by atoms with van der Waals surface area (Å²) in [4.78, 5) is 13.3. The fourth-order valence-electron chi connectivity index (χ4n) is 1.83. The minimum absolute atomic E-state index is 0.00940. The highest BCUT2D eigenvalue weighted by molar-refractivity contribution is 5.68. The van der Waals surface area contributed by atoms with E-state index in [2.05, 4.69) is 0 Å². The van der Waals surface area contributed by atoms with Gasteiger partial charge in [-0.2, -0.15) is 0 Å². The summed E-state index contributed by atoms with van der Waals surface area (Å²) in [5, 5.41) is 18.2. The van der Waals surface area contributed by atoms with Gasteiger partial charge in [-0.3, -0.25) is 0 Å². The van der Waals surface area contributed by atoms with Crippen molar-refractivity contribution in [3.8, 4) is 0 Å². The fourth-order valence-corrected chi connectivity index (χ4v) is 1.83. The lowest BCUT2D eigenvalue weighted by Crippen LogP contribution is -2.35. The third kappa shape index (κ3) is 3.35. The number of rotatable bonds is 2. The van der Waals surface area contributed by atoms with Gasteiger partial charge in [0.15, 0.2) is 0 Å². The van der Waals surface area contributed by atoms with Crippen LogP contribution in [-0.2, 0) is 4.74 Å². The van der Waals surface area contributed by atoms with Crippen molar-refractivity contribution in [2.24, 2.45) is 11.8 Å². The zero-order valence-corrected chi connectivity index (χ0v) is 10.1. The monoisotopic (exact) mass is 231 g/mol. The molecule has 0 spiro atoms. The van der Waals surface area contributed by atoms with Gasteiger partial charge in [-0.05, 0) is 20.8 Å². The highest BCUT2D eigenvalue weighted by Gasteiger charge is 2.36. The molecule has 0 saturated carbocycles. The molecule has 2 atom stereocenters. The highest BCUT2D eigenvalue weighted by atomic mass is 16.6. The molecule has 0 radical (unpaired) electrons. The number of carbonyl (C=O) groups is 1. The van der Waals surface area contributed by atoms with Crippen LogP contribution in [-0.4, -0.2) is 53.1 Å². The molecule has 0 bridgehead atoms. The number of hydrogen-bond acceptors (Lipinski definition) is 4. The van der Waals surface area contributed by atoms with Crippen molar-refractivity contribution in [2.45, 2.75) is 26.4 Å². The number of aliphatic hydroxyl groups is 2. The quantitative estimate of drug-likeness (QED) is 0.724. The Hall–Kier alpha value is -0.810. The van der Waals surface area contributed by atoms with Gasteiger partial charge in [0.25, 0.3) is 0 Å². The van der Waals surface area contributed by atoms with Crippen molar-refractivity contribution in [2.75, 3.05) is 26.3 Å². The third-order valence-electron chi connectivity index (χ3n) is 2.70. The Kier molecular flexibility index (Phi) is 4.15. The lowest BCUT2D eigenvalue weighted by Gasteiger charge is -2.24. The van der Waals surface area contributed by atoms with E-state index >= 15 is 0 Å². The molecule has 1 heterocycles. The van der Waals surface area contributed by atoms with Crippen LogP contribution in [0.3, 0.4) is 0 Å². The second-order valence-electron chi connectivity index (χ2n) is 5.27. The fraction of sp³-hybridized carbons (Fsp3) is 0.909. The van der Waals surface area contributed by atoms with Gasteiger partial charge in [0, 0.05) is 38.1 Å². The molecule has 1 fully saturated rings. The molecule has 1 amide bonds. The summed E-state index contributed by atoms with van der Waals surface area (Å²) >= 11 is 0. The predicted octanol–water partition coefficient (Wildman–Crippen LogP) is 0.454. The van der Waals surface area contributed by atoms with E-state index in [0.29, 0.717) is 13.1 Å². The molecule has 1 rings (SSSR count). The maximum absolute atomic E-state index is 11.7. The van der Waals surface area contributed by atoms with Crippen LogP contribution < -0.4 is 0 Å². The van der Waals surface area contributed by atoms with Crippen molar-refractivity contribution < 1.29 is 19.7 Å². The van der Waals surface area contributed by atoms with E-state index in [1.165, 1.54) is 0 Å². The first-order valence-electron chi connectivity index (χ1n) is 5.57. The summed E-state index contributed by atoms with van der Waals surface area (Å²) in [7, 11) is 0. The van der Waals surface area contributed by atoms with Gasteiger partial charge in [-0.1, -0.05) is 0 Å². The molecule has 5 nitrogen and oxygen atoms in total. The largest absolute Gasteiger partial charge is 0.444 e. The van der Waals surface area contributed by atoms with Gasteiger partial charge >= 0.3 is 6.09 Å². The number of likely N-dealkylation sites (tertiary alicyclic amines) is 1. The van der Waals surface area contributed by atoms with E-state index in [1.807, 2.05) is 20.8 Å². The van der Waals surface area contributed by atoms with E-state index in [4.69, 9.17) is 14.9 Å². The number of nitrogens with zero attached hydrogens (tertiary/aromatic N) is 1. The molecule has 1 aliphatic heterocycles. The Morgan fingerprint density at radius 1 is 1.25 bits per heavy atom. The van der Waals surface area contributed by atoms with Gasteiger partial charge < -0.3 is 19.8 Å². The second kappa shape index (κ2) is 5.01. The minimum Gasteiger partial charge on any atom is -0.444 e. The summed E-state index contributed by atoms with van der Waals surface area (Å²) in [6, 6.07) is 0. The Morgan fingerprint density at radius 3 is 2.00 bits per heavy atom. The number of aliphatic hydroxyl groups excluding tert-OH is 2. The van der Waals surface area contributed by atoms with Crippen LogP contribution in [0.2, 0.25) is 0 Å². The Bertz CT molecular complexity index is 237. The highest BCUT2D eigenvalue weighted by Crippen LogP contribution is 2.24. The maximum atomic E-state index is 11.7. The van der Waals surface area contributed by atoms with Crippen molar-refractivity contribution in [1.82, 2.24) is 4.90 Å². The zero-order valence-electron chi connectivity index (χ0n) is 10.1. The van der Waals surface area contributed by atoms with Crippen molar-refractivity contribution in [1.29, 1.82) is 0 Å². The van der Waals surface area contributed by atoms with Gasteiger partial charge in [-0.25, -0.2) is 4.79 Å². The van der Waals surface area contributed by atoms with Crippen molar-refractivity contribution in [3.63, 3.8) is 0 Å². The number of ether oxygens (including phenoxy) is 1. The first-order chi connectivity index (χ1) is 7.37. The SMILES string of the molecule is CC(C)(C)OC(=O)N1C[C@@H](CO)[C@@H](CO)C1. The molecule has 2 N–H and O–H groups in total. The molecule has 0 aliphatic carbocycles. The third-order valence-corrected chi connectivity index (χ3v) is 2.70. The lowest BCUT2D eigenvalue weighted by atomic mass is 9.98. The summed E-state index contributed by atoms with van der Waals surface area (Å²) < 4.78 is 5.23. The van der Waals surface area contributed by atoms with E-state index in [9.17, 15) is 4.79 Å². The maximum Gasteiger partial charge on any atom is 0.410 e. The van der Waals surface area contributed by atoms with Crippen LogP contribution in [0, 0.1) is 11.8 Å². The molecule has 0 aromatic heterocycles. The van der Waals surface area contributed by atoms with Gasteiger partial charge in [0.1, 0.15) is 5.60 Å². The normalized spacial score (nSPS) is 25.9. The minimum atomic E-state index is -0.511. The summed E-state index contributed by atoms with van der Waals surface area (Å²) in [6.07, 6.45) is -0.373. The Labute approximate surface area is 96.0 Å². The first kappa shape index (κ1) is 13.3. The van der Waals surface area contributed by atoms with Crippen LogP contribution in [0.5, 0.6) is 0 Å². The smallest absolute Gasteiger partial charge is 0.410 e. The number of carbonyl (C=O) groups excluding carboxylic acids is 1. The molecule has 16 heavy (non-hydrogen) atoms. The van der Waals surface area contributed by atoms with E-state index < -0.39 is 5.60 Å². The predicted molar refractivity (Wildman–Crippen MR) is 59.0 cm³/mol. The van der Waals surface area contributed by atoms with Crippen LogP contribution >= 0.6 is 0 Å². The topological polar surface area (TPSA) is 70.0 Å². The molecule has 1 aliphatic rings. The average molecular weight is 231 g/mol. The van der Waals surface area contributed by atoms with Gasteiger partial charge in [0.05, 0.1) is 0 Å². The van der Waals surface area contributed by atoms with Crippen molar-refractivity contribution >= 4 is 6.09 Å². The van der Waals surface area contributed by atoms with Crippen LogP contribution in [0.25, 0.3) is 0 Å². The average Bonchev–Trinajstić information content (AvgIpc) is 2.57. The molecule has 0 unspecified atom stereocenters. The number of hydrogen-bond donors (Lipinski definition) is 2. The lowest BCUT2D eigenvalue weighted by molar-refractivity contribution is 0.0279. The van der Waals surface area contributed by atoms with E-state index in [-0.39, 0.29) is 31.1 Å². The number of amides is 1. The van der Waals surface area contributed by atoms with Crippen LogP contribution in [0.4, 0.5) is 4.79 Å². The second-order valence-corrected chi connectivity index (χ2v) is 5.27. The van der Waals surface area contributed by atoms with Gasteiger partial charge in [-0.15, -0.1) is 0 Å². The molecule has 94 valence electrons. The summed E-state index contributed by atoms with van der Waals surface area (Å²) in [5.41, 5.74) is -0.511. The molecular weight excluding hydrogens is 210 g/mol. The standard InChI is InChI=1S/C11H21NO4/c1-11(2,3)16-10(15)12-4-8(6-13)9(5-12)7-14/h8-9,13-14H,4-7H2,1-3H3/t8-,9+. The summed E-state index contributed by atoms with van der Waals surface area (Å²) in [6.45, 7) is 6.33. The Balaban J connectivity index is 2.54. The zero-order chi connectivity index (χ0) is 12.3. The molecule has 1 saturated heterocycles.